The minimum atomic E-state index is -2.22. The van der Waals surface area contributed by atoms with Gasteiger partial charge in [0.15, 0.2) is 0 Å². The molecular weight excluding hydrogens is 414 g/mol. The van der Waals surface area contributed by atoms with Crippen molar-refractivity contribution in [1.82, 2.24) is 10.1 Å². The molecule has 0 spiro atoms. The maximum absolute atomic E-state index is 2.90. The molecule has 0 aromatic carbocycles. The first-order valence-corrected chi connectivity index (χ1v) is 13.1. The van der Waals surface area contributed by atoms with Gasteiger partial charge in [0.05, 0.1) is 0 Å². The molecule has 0 aliphatic rings. The SMILES string of the molecule is CC(C)(C)[N]([Ti+]([N](C(C)(C)C)C(C)(C)C)[N](C(C)(C)C)C(C)(C)C)C(C)(C)C.[Cl-]. The van der Waals surface area contributed by atoms with E-state index >= 15 is 0 Å². The van der Waals surface area contributed by atoms with Crippen molar-refractivity contribution in [2.75, 3.05) is 0 Å². The van der Waals surface area contributed by atoms with Gasteiger partial charge in [-0.15, -0.1) is 0 Å². The first-order chi connectivity index (χ1) is 11.7. The standard InChI is InChI=1S/3C8H18N.ClH.Ti/c3*1-7(2,3)9-8(4,5)6;;/h3*1-6H3;1H;/q3*-1;;+4/p-1. The fraction of sp³-hybridized carbons (Fsp3) is 1.00. The third-order valence-corrected chi connectivity index (χ3v) is 12.8. The average Bonchev–Trinajstić information content (AvgIpc) is 2.13. The van der Waals surface area contributed by atoms with Gasteiger partial charge >= 0.3 is 187 Å². The molecule has 0 aliphatic carbocycles. The minimum Gasteiger partial charge on any atom is -1.00 e. The van der Waals surface area contributed by atoms with Crippen LogP contribution in [0.1, 0.15) is 125 Å². The smallest absolute Gasteiger partial charge is 1.00 e. The molecule has 0 unspecified atom stereocenters. The fourth-order valence-corrected chi connectivity index (χ4v) is 11.7. The van der Waals surface area contributed by atoms with E-state index < -0.39 is 18.6 Å². The van der Waals surface area contributed by atoms with E-state index in [0.29, 0.717) is 0 Å². The molecule has 29 heavy (non-hydrogen) atoms. The summed E-state index contributed by atoms with van der Waals surface area (Å²) in [5, 5.41) is 0. The Hall–Kier alpha value is 0.884. The summed E-state index contributed by atoms with van der Waals surface area (Å²) in [6.07, 6.45) is 0. The van der Waals surface area contributed by atoms with E-state index in [1.165, 1.54) is 0 Å². The second kappa shape index (κ2) is 9.40. The van der Waals surface area contributed by atoms with Crippen LogP contribution in [0.3, 0.4) is 0 Å². The van der Waals surface area contributed by atoms with Gasteiger partial charge in [0.1, 0.15) is 0 Å². The molecule has 0 saturated heterocycles. The summed E-state index contributed by atoms with van der Waals surface area (Å²) in [6.45, 7) is 43.2. The van der Waals surface area contributed by atoms with Gasteiger partial charge in [-0.25, -0.2) is 0 Å². The van der Waals surface area contributed by atoms with Gasteiger partial charge in [-0.1, -0.05) is 0 Å². The number of hydrogen-bond acceptors (Lipinski definition) is 3. The Labute approximate surface area is 198 Å². The van der Waals surface area contributed by atoms with Crippen LogP contribution in [0.4, 0.5) is 0 Å². The Morgan fingerprint density at radius 1 is 0.310 bits per heavy atom. The van der Waals surface area contributed by atoms with Crippen LogP contribution in [0.5, 0.6) is 0 Å². The van der Waals surface area contributed by atoms with Crippen LogP contribution >= 0.6 is 0 Å². The summed E-state index contributed by atoms with van der Waals surface area (Å²) in [4.78, 5) is 0. The Balaban J connectivity index is 0. The monoisotopic (exact) mass is 467 g/mol. The Bertz CT molecular complexity index is 387. The van der Waals surface area contributed by atoms with Crippen LogP contribution in [0, 0.1) is 0 Å². The third kappa shape index (κ3) is 8.74. The predicted molar refractivity (Wildman–Crippen MR) is 124 cm³/mol. The predicted octanol–water partition coefficient (Wildman–Crippen LogP) is 4.05. The van der Waals surface area contributed by atoms with E-state index in [2.05, 4.69) is 135 Å². The van der Waals surface area contributed by atoms with E-state index in [9.17, 15) is 0 Å². The zero-order valence-corrected chi connectivity index (χ0v) is 25.5. The number of nitrogens with zero attached hydrogens (tertiary/aromatic N) is 3. The molecule has 0 N–H and O–H groups in total. The van der Waals surface area contributed by atoms with Gasteiger partial charge < -0.3 is 12.4 Å². The molecule has 0 radical (unpaired) electrons. The number of hydrogen-bond donors (Lipinski definition) is 0. The largest absolute Gasteiger partial charge is 1.00 e. The van der Waals surface area contributed by atoms with Gasteiger partial charge in [0.25, 0.3) is 0 Å². The number of rotatable bonds is 3. The zero-order chi connectivity index (χ0) is 23.3. The van der Waals surface area contributed by atoms with Crippen molar-refractivity contribution in [2.45, 2.75) is 158 Å². The molecule has 0 aromatic heterocycles. The maximum Gasteiger partial charge on any atom is -1.00 e. The minimum absolute atomic E-state index is 0. The molecular formula is C24H54ClN3Ti. The summed E-state index contributed by atoms with van der Waals surface area (Å²) >= 11 is -2.22. The summed E-state index contributed by atoms with van der Waals surface area (Å²) in [5.41, 5.74) is 0.483. The Morgan fingerprint density at radius 2 is 0.414 bits per heavy atom. The molecule has 0 atom stereocenters. The van der Waals surface area contributed by atoms with Gasteiger partial charge in [-0.05, 0) is 0 Å². The van der Waals surface area contributed by atoms with Crippen molar-refractivity contribution < 1.29 is 31.0 Å². The Kier molecular flexibility index (Phi) is 10.4. The quantitative estimate of drug-likeness (QED) is 0.580. The van der Waals surface area contributed by atoms with Crippen molar-refractivity contribution in [3.05, 3.63) is 0 Å². The summed E-state index contributed by atoms with van der Waals surface area (Å²) in [6, 6.07) is 0. The topological polar surface area (TPSA) is 9.72 Å². The van der Waals surface area contributed by atoms with Crippen molar-refractivity contribution in [3.63, 3.8) is 0 Å². The average molecular weight is 468 g/mol. The second-order valence-corrected chi connectivity index (χ2v) is 17.4. The maximum atomic E-state index is 2.90. The molecule has 5 heteroatoms. The molecule has 0 amide bonds. The van der Waals surface area contributed by atoms with Crippen LogP contribution < -0.4 is 12.4 Å². The van der Waals surface area contributed by atoms with Crippen molar-refractivity contribution in [1.29, 1.82) is 0 Å². The molecule has 176 valence electrons. The van der Waals surface area contributed by atoms with Crippen LogP contribution in [-0.4, -0.2) is 43.4 Å². The summed E-state index contributed by atoms with van der Waals surface area (Å²) in [5.74, 6) is 0. The normalized spacial score (nSPS) is 15.2. The van der Waals surface area contributed by atoms with Crippen molar-refractivity contribution >= 4 is 0 Å². The van der Waals surface area contributed by atoms with Crippen LogP contribution in [0.2, 0.25) is 0 Å². The summed E-state index contributed by atoms with van der Waals surface area (Å²) in [7, 11) is 0. The van der Waals surface area contributed by atoms with E-state index in [1.807, 2.05) is 0 Å². The van der Waals surface area contributed by atoms with Gasteiger partial charge in [-0.3, -0.25) is 0 Å². The molecule has 0 bridgehead atoms. The zero-order valence-electron chi connectivity index (χ0n) is 23.2. The molecule has 0 aromatic rings. The van der Waals surface area contributed by atoms with E-state index in [0.717, 1.165) is 0 Å². The number of halogens is 1. The van der Waals surface area contributed by atoms with E-state index in [1.54, 1.807) is 0 Å². The first-order valence-electron chi connectivity index (χ1n) is 11.0. The Morgan fingerprint density at radius 3 is 0.483 bits per heavy atom. The van der Waals surface area contributed by atoms with E-state index in [-0.39, 0.29) is 45.6 Å². The molecule has 0 aliphatic heterocycles. The van der Waals surface area contributed by atoms with Crippen LogP contribution in [0.15, 0.2) is 0 Å². The second-order valence-electron chi connectivity index (χ2n) is 14.3. The van der Waals surface area contributed by atoms with Gasteiger partial charge in [-0.2, -0.15) is 0 Å². The third-order valence-electron chi connectivity index (χ3n) is 4.62. The van der Waals surface area contributed by atoms with Crippen molar-refractivity contribution in [2.24, 2.45) is 0 Å². The molecule has 0 fully saturated rings. The molecule has 0 saturated carbocycles. The van der Waals surface area contributed by atoms with Crippen LogP contribution in [-0.2, 0) is 18.6 Å². The summed E-state index contributed by atoms with van der Waals surface area (Å²) < 4.78 is 8.69. The molecule has 0 rings (SSSR count). The van der Waals surface area contributed by atoms with Gasteiger partial charge in [0, 0.05) is 0 Å². The van der Waals surface area contributed by atoms with Gasteiger partial charge in [0.2, 0.25) is 0 Å². The van der Waals surface area contributed by atoms with Crippen molar-refractivity contribution in [3.8, 4) is 0 Å². The molecule has 0 heterocycles. The molecule has 3 nitrogen and oxygen atoms in total. The van der Waals surface area contributed by atoms with Crippen LogP contribution in [0.25, 0.3) is 0 Å². The first kappa shape index (κ1) is 32.1. The fourth-order valence-electron chi connectivity index (χ4n) is 5.12. The van der Waals surface area contributed by atoms with E-state index in [4.69, 9.17) is 0 Å².